The lowest BCUT2D eigenvalue weighted by atomic mass is 9.94. The molecule has 0 aliphatic carbocycles. The van der Waals surface area contributed by atoms with Gasteiger partial charge in [-0.05, 0) is 25.3 Å². The van der Waals surface area contributed by atoms with Crippen LogP contribution < -0.4 is 5.73 Å². The Morgan fingerprint density at radius 1 is 1.71 bits per heavy atom. The first-order valence-electron chi connectivity index (χ1n) is 5.32. The summed E-state index contributed by atoms with van der Waals surface area (Å²) in [5.74, 6) is 0.588. The summed E-state index contributed by atoms with van der Waals surface area (Å²) in [6.45, 7) is 5.68. The molecule has 0 aromatic heterocycles. The molecular formula is C10H21N3O. The summed E-state index contributed by atoms with van der Waals surface area (Å²) in [5.41, 5.74) is 5.52. The van der Waals surface area contributed by atoms with Gasteiger partial charge < -0.3 is 10.8 Å². The van der Waals surface area contributed by atoms with Crippen LogP contribution in [-0.4, -0.2) is 41.1 Å². The maximum absolute atomic E-state index is 9.72. The molecule has 1 fully saturated rings. The molecule has 0 aromatic carbocycles. The quantitative estimate of drug-likeness (QED) is 0.455. The van der Waals surface area contributed by atoms with Crippen LogP contribution in [0.2, 0.25) is 0 Å². The number of hydrogen-bond acceptors (Lipinski definition) is 3. The van der Waals surface area contributed by atoms with E-state index in [2.05, 4.69) is 11.8 Å². The molecule has 4 N–H and O–H groups in total. The maximum atomic E-state index is 9.72. The zero-order valence-corrected chi connectivity index (χ0v) is 9.03. The van der Waals surface area contributed by atoms with Crippen molar-refractivity contribution in [2.24, 2.45) is 11.7 Å². The van der Waals surface area contributed by atoms with Gasteiger partial charge in [-0.15, -0.1) is 0 Å². The van der Waals surface area contributed by atoms with Gasteiger partial charge in [0.1, 0.15) is 5.84 Å². The highest BCUT2D eigenvalue weighted by atomic mass is 16.3. The van der Waals surface area contributed by atoms with Gasteiger partial charge in [0, 0.05) is 6.54 Å². The van der Waals surface area contributed by atoms with E-state index < -0.39 is 0 Å². The molecule has 3 atom stereocenters. The number of amidine groups is 1. The molecule has 1 saturated heterocycles. The van der Waals surface area contributed by atoms with Crippen molar-refractivity contribution >= 4 is 5.84 Å². The standard InChI is InChI=1S/C10H21N3O/c1-3-8(10(11)12)13-5-4-7(2)9(14)6-13/h7-9,14H,3-6H2,1-2H3,(H3,11,12). The zero-order chi connectivity index (χ0) is 10.7. The molecule has 0 aromatic rings. The molecule has 1 heterocycles. The summed E-state index contributed by atoms with van der Waals surface area (Å²) in [6.07, 6.45) is 1.57. The monoisotopic (exact) mass is 199 g/mol. The van der Waals surface area contributed by atoms with Crippen molar-refractivity contribution in [3.63, 3.8) is 0 Å². The Morgan fingerprint density at radius 2 is 2.36 bits per heavy atom. The highest BCUT2D eigenvalue weighted by molar-refractivity contribution is 5.82. The number of hydrogen-bond donors (Lipinski definition) is 3. The Bertz CT molecular complexity index is 208. The third-order valence-electron chi connectivity index (χ3n) is 3.14. The number of β-amino-alcohol motifs (C(OH)–C–C–N with tert-alkyl or cyclic N) is 1. The Hall–Kier alpha value is -0.610. The molecule has 0 bridgehead atoms. The fourth-order valence-corrected chi connectivity index (χ4v) is 2.03. The summed E-state index contributed by atoms with van der Waals surface area (Å²) in [5, 5.41) is 17.2. The Kier molecular flexibility index (Phi) is 3.89. The van der Waals surface area contributed by atoms with Crippen molar-refractivity contribution in [2.45, 2.75) is 38.8 Å². The average molecular weight is 199 g/mol. The smallest absolute Gasteiger partial charge is 0.108 e. The Morgan fingerprint density at radius 3 is 2.79 bits per heavy atom. The first-order chi connectivity index (χ1) is 6.56. The van der Waals surface area contributed by atoms with Gasteiger partial charge in [0.15, 0.2) is 0 Å². The van der Waals surface area contributed by atoms with Crippen LogP contribution in [0, 0.1) is 11.3 Å². The van der Waals surface area contributed by atoms with Crippen molar-refractivity contribution in [2.75, 3.05) is 13.1 Å². The van der Waals surface area contributed by atoms with Crippen LogP contribution >= 0.6 is 0 Å². The SMILES string of the molecule is CCC(C(=N)N)N1CCC(C)C(O)C1. The van der Waals surface area contributed by atoms with E-state index >= 15 is 0 Å². The number of likely N-dealkylation sites (tertiary alicyclic amines) is 1. The van der Waals surface area contributed by atoms with E-state index in [4.69, 9.17) is 11.1 Å². The highest BCUT2D eigenvalue weighted by Crippen LogP contribution is 2.19. The predicted octanol–water partition coefficient (Wildman–Crippen LogP) is 0.404. The number of nitrogens with zero attached hydrogens (tertiary/aromatic N) is 1. The lowest BCUT2D eigenvalue weighted by molar-refractivity contribution is 0.0204. The van der Waals surface area contributed by atoms with E-state index in [0.717, 1.165) is 19.4 Å². The second-order valence-electron chi connectivity index (χ2n) is 4.21. The minimum atomic E-state index is -0.267. The molecule has 1 aliphatic rings. The molecule has 1 aliphatic heterocycles. The lowest BCUT2D eigenvalue weighted by Crippen LogP contribution is -2.52. The fourth-order valence-electron chi connectivity index (χ4n) is 2.03. The first-order valence-corrected chi connectivity index (χ1v) is 5.32. The van der Waals surface area contributed by atoms with E-state index in [9.17, 15) is 5.11 Å². The third kappa shape index (κ3) is 2.45. The van der Waals surface area contributed by atoms with E-state index in [1.807, 2.05) is 6.92 Å². The van der Waals surface area contributed by atoms with Gasteiger partial charge in [0.2, 0.25) is 0 Å². The minimum Gasteiger partial charge on any atom is -0.392 e. The van der Waals surface area contributed by atoms with E-state index in [0.29, 0.717) is 12.5 Å². The van der Waals surface area contributed by atoms with Crippen LogP contribution in [-0.2, 0) is 0 Å². The topological polar surface area (TPSA) is 73.3 Å². The first kappa shape index (κ1) is 11.5. The molecule has 1 rings (SSSR count). The molecule has 0 spiro atoms. The maximum Gasteiger partial charge on any atom is 0.108 e. The predicted molar refractivity (Wildman–Crippen MR) is 57.4 cm³/mol. The van der Waals surface area contributed by atoms with E-state index in [-0.39, 0.29) is 18.0 Å². The average Bonchev–Trinajstić information content (AvgIpc) is 2.11. The molecule has 14 heavy (non-hydrogen) atoms. The summed E-state index contributed by atoms with van der Waals surface area (Å²) in [6, 6.07) is 0.0112. The van der Waals surface area contributed by atoms with Crippen molar-refractivity contribution in [1.29, 1.82) is 5.41 Å². The van der Waals surface area contributed by atoms with Crippen LogP contribution in [0.15, 0.2) is 0 Å². The Labute approximate surface area is 85.6 Å². The second-order valence-corrected chi connectivity index (χ2v) is 4.21. The molecule has 3 unspecified atom stereocenters. The number of nitrogens with two attached hydrogens (primary N) is 1. The van der Waals surface area contributed by atoms with Gasteiger partial charge >= 0.3 is 0 Å². The largest absolute Gasteiger partial charge is 0.392 e. The molecule has 4 nitrogen and oxygen atoms in total. The Balaban J connectivity index is 2.56. The van der Waals surface area contributed by atoms with Crippen LogP contribution in [0.4, 0.5) is 0 Å². The minimum absolute atomic E-state index is 0.0112. The van der Waals surface area contributed by atoms with Crippen LogP contribution in [0.3, 0.4) is 0 Å². The van der Waals surface area contributed by atoms with Crippen LogP contribution in [0.25, 0.3) is 0 Å². The van der Waals surface area contributed by atoms with Gasteiger partial charge in [-0.3, -0.25) is 10.3 Å². The number of rotatable bonds is 3. The highest BCUT2D eigenvalue weighted by Gasteiger charge is 2.29. The number of piperidine rings is 1. The lowest BCUT2D eigenvalue weighted by Gasteiger charge is -2.38. The number of nitrogens with one attached hydrogen (secondary N) is 1. The molecule has 0 radical (unpaired) electrons. The van der Waals surface area contributed by atoms with E-state index in [1.165, 1.54) is 0 Å². The van der Waals surface area contributed by atoms with Crippen molar-refractivity contribution in [3.8, 4) is 0 Å². The number of aliphatic hydroxyl groups excluding tert-OH is 1. The van der Waals surface area contributed by atoms with Crippen LogP contribution in [0.1, 0.15) is 26.7 Å². The van der Waals surface area contributed by atoms with Crippen molar-refractivity contribution in [1.82, 2.24) is 4.90 Å². The molecular weight excluding hydrogens is 178 g/mol. The molecule has 0 amide bonds. The molecule has 4 heteroatoms. The van der Waals surface area contributed by atoms with E-state index in [1.54, 1.807) is 0 Å². The van der Waals surface area contributed by atoms with Gasteiger partial charge in [-0.1, -0.05) is 13.8 Å². The summed E-state index contributed by atoms with van der Waals surface area (Å²) >= 11 is 0. The van der Waals surface area contributed by atoms with Crippen molar-refractivity contribution in [3.05, 3.63) is 0 Å². The normalized spacial score (nSPS) is 31.4. The van der Waals surface area contributed by atoms with Crippen molar-refractivity contribution < 1.29 is 5.11 Å². The summed E-state index contributed by atoms with van der Waals surface area (Å²) in [7, 11) is 0. The van der Waals surface area contributed by atoms with Gasteiger partial charge in [0.25, 0.3) is 0 Å². The summed E-state index contributed by atoms with van der Waals surface area (Å²) in [4.78, 5) is 2.12. The number of aliphatic hydroxyl groups is 1. The third-order valence-corrected chi connectivity index (χ3v) is 3.14. The van der Waals surface area contributed by atoms with Gasteiger partial charge in [0.05, 0.1) is 12.1 Å². The van der Waals surface area contributed by atoms with Gasteiger partial charge in [-0.25, -0.2) is 0 Å². The summed E-state index contributed by atoms with van der Waals surface area (Å²) < 4.78 is 0. The molecule has 82 valence electrons. The second kappa shape index (κ2) is 4.75. The fraction of sp³-hybridized carbons (Fsp3) is 0.900. The molecule has 0 saturated carbocycles. The van der Waals surface area contributed by atoms with Crippen LogP contribution in [0.5, 0.6) is 0 Å². The zero-order valence-electron chi connectivity index (χ0n) is 9.03. The van der Waals surface area contributed by atoms with Gasteiger partial charge in [-0.2, -0.15) is 0 Å².